The molecule has 20 heavy (non-hydrogen) atoms. The van der Waals surface area contributed by atoms with Crippen molar-refractivity contribution in [1.82, 2.24) is 4.90 Å². The standard InChI is InChI=1S/C16H19NO3/c18-13-7-5-11(6-8-13)10-17-15(19)9-12-3-1-2-4-14(12)16(17)20/h1-4,11,13,18H,5-10H2. The summed E-state index contributed by atoms with van der Waals surface area (Å²) in [5.41, 5.74) is 1.49. The van der Waals surface area contributed by atoms with Crippen molar-refractivity contribution >= 4 is 11.8 Å². The summed E-state index contributed by atoms with van der Waals surface area (Å²) >= 11 is 0. The van der Waals surface area contributed by atoms with Gasteiger partial charge in [-0.25, -0.2) is 0 Å². The minimum absolute atomic E-state index is 0.0974. The zero-order valence-corrected chi connectivity index (χ0v) is 11.4. The zero-order valence-electron chi connectivity index (χ0n) is 11.4. The van der Waals surface area contributed by atoms with E-state index in [0.29, 0.717) is 24.4 Å². The van der Waals surface area contributed by atoms with Crippen LogP contribution in [0.2, 0.25) is 0 Å². The summed E-state index contributed by atoms with van der Waals surface area (Å²) in [4.78, 5) is 26.0. The van der Waals surface area contributed by atoms with Gasteiger partial charge < -0.3 is 5.11 Å². The summed E-state index contributed by atoms with van der Waals surface area (Å²) in [5.74, 6) is 0.0688. The number of hydrogen-bond donors (Lipinski definition) is 1. The fourth-order valence-electron chi connectivity index (χ4n) is 3.17. The van der Waals surface area contributed by atoms with E-state index in [-0.39, 0.29) is 17.9 Å². The van der Waals surface area contributed by atoms with Crippen LogP contribution >= 0.6 is 0 Å². The van der Waals surface area contributed by atoms with Crippen LogP contribution in [0.4, 0.5) is 0 Å². The first-order chi connectivity index (χ1) is 9.65. The molecular formula is C16H19NO3. The molecule has 4 nitrogen and oxygen atoms in total. The van der Waals surface area contributed by atoms with Crippen molar-refractivity contribution < 1.29 is 14.7 Å². The SMILES string of the molecule is O=C1Cc2ccccc2C(=O)N1CC1CCC(O)CC1. The van der Waals surface area contributed by atoms with Gasteiger partial charge in [0.05, 0.1) is 12.5 Å². The van der Waals surface area contributed by atoms with Gasteiger partial charge in [-0.1, -0.05) is 18.2 Å². The van der Waals surface area contributed by atoms with Crippen LogP contribution in [0.1, 0.15) is 41.6 Å². The first-order valence-electron chi connectivity index (χ1n) is 7.26. The summed E-state index contributed by atoms with van der Waals surface area (Å²) in [5, 5.41) is 9.52. The van der Waals surface area contributed by atoms with E-state index in [9.17, 15) is 14.7 Å². The monoisotopic (exact) mass is 273 g/mol. The number of carbonyl (C=O) groups excluding carboxylic acids is 2. The van der Waals surface area contributed by atoms with Crippen LogP contribution in [0.5, 0.6) is 0 Å². The summed E-state index contributed by atoms with van der Waals surface area (Å²) in [7, 11) is 0. The number of hydrogen-bond acceptors (Lipinski definition) is 3. The van der Waals surface area contributed by atoms with E-state index in [4.69, 9.17) is 0 Å². The van der Waals surface area contributed by atoms with Crippen LogP contribution in [0.25, 0.3) is 0 Å². The van der Waals surface area contributed by atoms with Crippen molar-refractivity contribution in [3.63, 3.8) is 0 Å². The predicted molar refractivity (Wildman–Crippen MR) is 74.2 cm³/mol. The average Bonchev–Trinajstić information content (AvgIpc) is 2.45. The Balaban J connectivity index is 1.74. The van der Waals surface area contributed by atoms with Gasteiger partial charge in [0.25, 0.3) is 5.91 Å². The molecule has 1 aromatic carbocycles. The number of fused-ring (bicyclic) bond motifs is 1. The van der Waals surface area contributed by atoms with Crippen molar-refractivity contribution in [2.45, 2.75) is 38.2 Å². The highest BCUT2D eigenvalue weighted by Crippen LogP contribution is 2.27. The summed E-state index contributed by atoms with van der Waals surface area (Å²) in [6.45, 7) is 0.499. The third kappa shape index (κ3) is 2.48. The van der Waals surface area contributed by atoms with Gasteiger partial charge >= 0.3 is 0 Å². The number of nitrogens with zero attached hydrogens (tertiary/aromatic N) is 1. The Labute approximate surface area is 118 Å². The zero-order chi connectivity index (χ0) is 14.1. The minimum Gasteiger partial charge on any atom is -0.393 e. The highest BCUT2D eigenvalue weighted by atomic mass is 16.3. The van der Waals surface area contributed by atoms with Gasteiger partial charge in [-0.3, -0.25) is 14.5 Å². The Kier molecular flexibility index (Phi) is 3.57. The highest BCUT2D eigenvalue weighted by molar-refractivity contribution is 6.09. The Bertz CT molecular complexity index is 532. The lowest BCUT2D eigenvalue weighted by atomic mass is 9.86. The number of aliphatic hydroxyl groups excluding tert-OH is 1. The van der Waals surface area contributed by atoms with Crippen LogP contribution in [0.3, 0.4) is 0 Å². The first kappa shape index (κ1) is 13.3. The Hall–Kier alpha value is -1.68. The van der Waals surface area contributed by atoms with E-state index in [1.165, 1.54) is 4.90 Å². The predicted octanol–water partition coefficient (Wildman–Crippen LogP) is 1.76. The molecule has 4 heteroatoms. The average molecular weight is 273 g/mol. The number of benzene rings is 1. The van der Waals surface area contributed by atoms with Crippen molar-refractivity contribution in [2.24, 2.45) is 5.92 Å². The summed E-state index contributed by atoms with van der Waals surface area (Å²) in [6.07, 6.45) is 3.44. The smallest absolute Gasteiger partial charge is 0.260 e. The molecule has 1 heterocycles. The molecule has 1 fully saturated rings. The van der Waals surface area contributed by atoms with Crippen LogP contribution in [0.15, 0.2) is 24.3 Å². The van der Waals surface area contributed by atoms with Gasteiger partial charge in [0.15, 0.2) is 0 Å². The second kappa shape index (κ2) is 5.37. The molecule has 1 aromatic rings. The van der Waals surface area contributed by atoms with Crippen molar-refractivity contribution in [1.29, 1.82) is 0 Å². The molecule has 1 aliphatic carbocycles. The Morgan fingerprint density at radius 2 is 1.80 bits per heavy atom. The van der Waals surface area contributed by atoms with E-state index in [1.54, 1.807) is 6.07 Å². The molecule has 3 rings (SSSR count). The van der Waals surface area contributed by atoms with Gasteiger partial charge in [0.1, 0.15) is 0 Å². The molecule has 0 bridgehead atoms. The molecule has 2 amide bonds. The van der Waals surface area contributed by atoms with E-state index in [0.717, 1.165) is 31.2 Å². The Morgan fingerprint density at radius 3 is 2.55 bits per heavy atom. The van der Waals surface area contributed by atoms with Crippen molar-refractivity contribution in [2.75, 3.05) is 6.54 Å². The second-order valence-electron chi connectivity index (χ2n) is 5.82. The van der Waals surface area contributed by atoms with Gasteiger partial charge in [-0.2, -0.15) is 0 Å². The van der Waals surface area contributed by atoms with Crippen LogP contribution in [-0.4, -0.2) is 34.5 Å². The van der Waals surface area contributed by atoms with Gasteiger partial charge in [-0.05, 0) is 43.2 Å². The lowest BCUT2D eigenvalue weighted by Crippen LogP contribution is -2.45. The maximum atomic E-state index is 12.4. The largest absolute Gasteiger partial charge is 0.393 e. The Morgan fingerprint density at radius 1 is 1.10 bits per heavy atom. The van der Waals surface area contributed by atoms with Gasteiger partial charge in [0, 0.05) is 12.1 Å². The molecule has 0 saturated heterocycles. The molecule has 0 aromatic heterocycles. The fraction of sp³-hybridized carbons (Fsp3) is 0.500. The molecule has 106 valence electrons. The third-order valence-electron chi connectivity index (χ3n) is 4.39. The first-order valence-corrected chi connectivity index (χ1v) is 7.26. The third-order valence-corrected chi connectivity index (χ3v) is 4.39. The van der Waals surface area contributed by atoms with E-state index in [1.807, 2.05) is 18.2 Å². The second-order valence-corrected chi connectivity index (χ2v) is 5.82. The van der Waals surface area contributed by atoms with Crippen LogP contribution < -0.4 is 0 Å². The highest BCUT2D eigenvalue weighted by Gasteiger charge is 2.33. The molecular weight excluding hydrogens is 254 g/mol. The number of aliphatic hydroxyl groups is 1. The lowest BCUT2D eigenvalue weighted by Gasteiger charge is -2.32. The molecule has 0 radical (unpaired) electrons. The molecule has 1 saturated carbocycles. The molecule has 1 N–H and O–H groups in total. The van der Waals surface area contributed by atoms with E-state index in [2.05, 4.69) is 0 Å². The van der Waals surface area contributed by atoms with E-state index >= 15 is 0 Å². The fourth-order valence-corrected chi connectivity index (χ4v) is 3.17. The summed E-state index contributed by atoms with van der Waals surface area (Å²) < 4.78 is 0. The normalized spacial score (nSPS) is 26.6. The summed E-state index contributed by atoms with van der Waals surface area (Å²) in [6, 6.07) is 7.33. The minimum atomic E-state index is -0.209. The number of carbonyl (C=O) groups is 2. The van der Waals surface area contributed by atoms with E-state index < -0.39 is 0 Å². The topological polar surface area (TPSA) is 57.6 Å². The molecule has 2 aliphatic rings. The maximum absolute atomic E-state index is 12.4. The maximum Gasteiger partial charge on any atom is 0.260 e. The van der Waals surface area contributed by atoms with Crippen LogP contribution in [-0.2, 0) is 11.2 Å². The quantitative estimate of drug-likeness (QED) is 0.835. The molecule has 0 atom stereocenters. The molecule has 1 aliphatic heterocycles. The van der Waals surface area contributed by atoms with Gasteiger partial charge in [0.2, 0.25) is 5.91 Å². The van der Waals surface area contributed by atoms with Crippen LogP contribution in [0, 0.1) is 5.92 Å². The lowest BCUT2D eigenvalue weighted by molar-refractivity contribution is -0.129. The molecule has 0 spiro atoms. The van der Waals surface area contributed by atoms with Gasteiger partial charge in [-0.15, -0.1) is 0 Å². The number of amides is 2. The van der Waals surface area contributed by atoms with Crippen molar-refractivity contribution in [3.05, 3.63) is 35.4 Å². The molecule has 0 unspecified atom stereocenters. The number of imide groups is 1. The van der Waals surface area contributed by atoms with Crippen molar-refractivity contribution in [3.8, 4) is 0 Å². The number of rotatable bonds is 2.